The number of benzene rings is 3. The van der Waals surface area contributed by atoms with Gasteiger partial charge in [0.1, 0.15) is 11.5 Å². The summed E-state index contributed by atoms with van der Waals surface area (Å²) in [4.78, 5) is 15.7. The smallest absolute Gasteiger partial charge is 0.256 e. The molecule has 1 amide bonds. The molecule has 1 aromatic heterocycles. The molecule has 0 saturated carbocycles. The van der Waals surface area contributed by atoms with Crippen LogP contribution in [0.1, 0.15) is 10.4 Å². The number of ether oxygens (including phenoxy) is 1. The summed E-state index contributed by atoms with van der Waals surface area (Å²) < 4.78 is 5.75. The van der Waals surface area contributed by atoms with E-state index < -0.39 is 0 Å². The molecule has 0 saturated heterocycles. The van der Waals surface area contributed by atoms with E-state index in [-0.39, 0.29) is 5.91 Å². The number of fused-ring (bicyclic) bond motifs is 1. The van der Waals surface area contributed by atoms with Crippen LogP contribution >= 0.6 is 0 Å². The molecule has 0 aliphatic rings. The first kappa shape index (κ1) is 15.0. The van der Waals surface area contributed by atoms with E-state index >= 15 is 0 Å². The summed E-state index contributed by atoms with van der Waals surface area (Å²) in [5, 5.41) is 3.83. The van der Waals surface area contributed by atoms with Crippen LogP contribution in [0, 0.1) is 0 Å². The Balaban J connectivity index is 1.49. The highest BCUT2D eigenvalue weighted by atomic mass is 16.5. The van der Waals surface area contributed by atoms with Crippen molar-refractivity contribution in [3.63, 3.8) is 0 Å². The predicted molar refractivity (Wildman–Crippen MR) is 99.2 cm³/mol. The number of carbonyl (C=O) groups excluding carboxylic acids is 1. The third kappa shape index (κ3) is 3.23. The van der Waals surface area contributed by atoms with Gasteiger partial charge in [0.15, 0.2) is 0 Å². The summed E-state index contributed by atoms with van der Waals surface area (Å²) in [6.07, 6.45) is 1.83. The summed E-state index contributed by atoms with van der Waals surface area (Å²) in [7, 11) is 0. The quantitative estimate of drug-likeness (QED) is 0.540. The molecule has 4 heteroatoms. The van der Waals surface area contributed by atoms with Crippen LogP contribution in [0.25, 0.3) is 10.9 Å². The highest BCUT2D eigenvalue weighted by Crippen LogP contribution is 2.23. The Morgan fingerprint density at radius 1 is 0.800 bits per heavy atom. The van der Waals surface area contributed by atoms with Gasteiger partial charge in [0.25, 0.3) is 5.91 Å². The lowest BCUT2D eigenvalue weighted by molar-refractivity contribution is 0.102. The molecule has 0 unspecified atom stereocenters. The normalized spacial score (nSPS) is 10.6. The number of carbonyl (C=O) groups is 1. The molecular weight excluding hydrogens is 312 g/mol. The summed E-state index contributed by atoms with van der Waals surface area (Å²) in [5.41, 5.74) is 2.31. The van der Waals surface area contributed by atoms with Crippen LogP contribution in [0.4, 0.5) is 5.69 Å². The first-order chi connectivity index (χ1) is 12.3. The van der Waals surface area contributed by atoms with E-state index in [2.05, 4.69) is 10.3 Å². The van der Waals surface area contributed by atoms with Crippen molar-refractivity contribution in [1.82, 2.24) is 4.98 Å². The lowest BCUT2D eigenvalue weighted by Crippen LogP contribution is -2.12. The summed E-state index contributed by atoms with van der Waals surface area (Å²) in [6.45, 7) is 0. The summed E-state index contributed by atoms with van der Waals surface area (Å²) >= 11 is 0. The third-order valence-corrected chi connectivity index (χ3v) is 3.93. The van der Waals surface area contributed by atoms with Crippen LogP contribution in [0.15, 0.2) is 85.1 Å². The van der Waals surface area contributed by atoms with Crippen molar-refractivity contribution in [2.24, 2.45) is 0 Å². The fourth-order valence-corrected chi connectivity index (χ4v) is 2.71. The van der Waals surface area contributed by atoms with E-state index in [1.54, 1.807) is 0 Å². The molecule has 4 rings (SSSR count). The first-order valence-corrected chi connectivity index (χ1v) is 8.00. The van der Waals surface area contributed by atoms with E-state index in [9.17, 15) is 4.79 Å². The van der Waals surface area contributed by atoms with E-state index in [1.165, 1.54) is 0 Å². The van der Waals surface area contributed by atoms with Gasteiger partial charge in [-0.25, -0.2) is 0 Å². The van der Waals surface area contributed by atoms with Gasteiger partial charge in [-0.05, 0) is 54.6 Å². The Hall–Kier alpha value is -3.53. The standard InChI is InChI=1S/C21H16N2O2/c24-21(19-7-4-8-20-18(19)13-14-22-20)23-15-9-11-17(12-10-15)25-16-5-2-1-3-6-16/h1-14,22H,(H,23,24). The number of aromatic nitrogens is 1. The lowest BCUT2D eigenvalue weighted by Gasteiger charge is -2.09. The van der Waals surface area contributed by atoms with Crippen LogP contribution < -0.4 is 10.1 Å². The summed E-state index contributed by atoms with van der Waals surface area (Å²) in [6, 6.07) is 24.4. The number of amides is 1. The molecule has 4 aromatic rings. The number of anilines is 1. The van der Waals surface area contributed by atoms with Crippen molar-refractivity contribution in [2.45, 2.75) is 0 Å². The minimum atomic E-state index is -0.137. The van der Waals surface area contributed by atoms with Crippen molar-refractivity contribution in [3.8, 4) is 11.5 Å². The maximum absolute atomic E-state index is 12.5. The van der Waals surface area contributed by atoms with Crippen molar-refractivity contribution in [2.75, 3.05) is 5.32 Å². The number of rotatable bonds is 4. The molecule has 0 aliphatic carbocycles. The molecule has 0 bridgehead atoms. The Morgan fingerprint density at radius 3 is 2.36 bits per heavy atom. The number of nitrogens with one attached hydrogen (secondary N) is 2. The van der Waals surface area contributed by atoms with Gasteiger partial charge in [-0.1, -0.05) is 24.3 Å². The zero-order valence-corrected chi connectivity index (χ0v) is 13.4. The average molecular weight is 328 g/mol. The predicted octanol–water partition coefficient (Wildman–Crippen LogP) is 5.21. The maximum Gasteiger partial charge on any atom is 0.256 e. The fourth-order valence-electron chi connectivity index (χ4n) is 2.71. The van der Waals surface area contributed by atoms with E-state index in [1.807, 2.05) is 85.1 Å². The number of hydrogen-bond donors (Lipinski definition) is 2. The topological polar surface area (TPSA) is 54.1 Å². The average Bonchev–Trinajstić information content (AvgIpc) is 3.13. The molecule has 0 spiro atoms. The highest BCUT2D eigenvalue weighted by molar-refractivity contribution is 6.12. The van der Waals surface area contributed by atoms with E-state index in [4.69, 9.17) is 4.74 Å². The number of hydrogen-bond acceptors (Lipinski definition) is 2. The van der Waals surface area contributed by atoms with Crippen LogP contribution in [0.5, 0.6) is 11.5 Å². The van der Waals surface area contributed by atoms with Gasteiger partial charge >= 0.3 is 0 Å². The van der Waals surface area contributed by atoms with Crippen LogP contribution in [0.3, 0.4) is 0 Å². The number of para-hydroxylation sites is 1. The molecule has 0 aliphatic heterocycles. The van der Waals surface area contributed by atoms with Gasteiger partial charge in [0, 0.05) is 28.4 Å². The Kier molecular flexibility index (Phi) is 3.92. The van der Waals surface area contributed by atoms with Crippen LogP contribution in [0.2, 0.25) is 0 Å². The third-order valence-electron chi connectivity index (χ3n) is 3.93. The second-order valence-electron chi connectivity index (χ2n) is 5.64. The lowest BCUT2D eigenvalue weighted by atomic mass is 10.1. The van der Waals surface area contributed by atoms with Crippen LogP contribution in [-0.4, -0.2) is 10.9 Å². The molecule has 0 fully saturated rings. The second-order valence-corrected chi connectivity index (χ2v) is 5.64. The van der Waals surface area contributed by atoms with Gasteiger partial charge in [-0.3, -0.25) is 4.79 Å². The zero-order valence-electron chi connectivity index (χ0n) is 13.4. The van der Waals surface area contributed by atoms with Gasteiger partial charge in [0.2, 0.25) is 0 Å². The molecule has 4 nitrogen and oxygen atoms in total. The fraction of sp³-hybridized carbons (Fsp3) is 0. The SMILES string of the molecule is O=C(Nc1ccc(Oc2ccccc2)cc1)c1cccc2[nH]ccc12. The van der Waals surface area contributed by atoms with Crippen molar-refractivity contribution < 1.29 is 9.53 Å². The van der Waals surface area contributed by atoms with Gasteiger partial charge < -0.3 is 15.0 Å². The molecule has 122 valence electrons. The minimum absolute atomic E-state index is 0.137. The molecule has 3 aromatic carbocycles. The summed E-state index contributed by atoms with van der Waals surface area (Å²) in [5.74, 6) is 1.36. The first-order valence-electron chi connectivity index (χ1n) is 8.00. The molecule has 1 heterocycles. The maximum atomic E-state index is 12.5. The second kappa shape index (κ2) is 6.53. The Bertz CT molecular complexity index is 1000. The Morgan fingerprint density at radius 2 is 1.56 bits per heavy atom. The molecule has 0 atom stereocenters. The van der Waals surface area contributed by atoms with Crippen molar-refractivity contribution in [1.29, 1.82) is 0 Å². The number of aromatic amines is 1. The van der Waals surface area contributed by atoms with Crippen molar-refractivity contribution in [3.05, 3.63) is 90.6 Å². The van der Waals surface area contributed by atoms with E-state index in [0.29, 0.717) is 5.56 Å². The number of H-pyrrole nitrogens is 1. The van der Waals surface area contributed by atoms with Crippen molar-refractivity contribution >= 4 is 22.5 Å². The van der Waals surface area contributed by atoms with Gasteiger partial charge in [0.05, 0.1) is 0 Å². The van der Waals surface area contributed by atoms with Crippen LogP contribution in [-0.2, 0) is 0 Å². The van der Waals surface area contributed by atoms with E-state index in [0.717, 1.165) is 28.1 Å². The molecule has 0 radical (unpaired) electrons. The van der Waals surface area contributed by atoms with Gasteiger partial charge in [-0.2, -0.15) is 0 Å². The van der Waals surface area contributed by atoms with Gasteiger partial charge in [-0.15, -0.1) is 0 Å². The molecule has 2 N–H and O–H groups in total. The Labute approximate surface area is 145 Å². The highest BCUT2D eigenvalue weighted by Gasteiger charge is 2.10. The molecule has 25 heavy (non-hydrogen) atoms. The minimum Gasteiger partial charge on any atom is -0.457 e. The zero-order chi connectivity index (χ0) is 17.1. The molecular formula is C21H16N2O2. The largest absolute Gasteiger partial charge is 0.457 e. The monoisotopic (exact) mass is 328 g/mol.